The van der Waals surface area contributed by atoms with Gasteiger partial charge >= 0.3 is 5.88 Å². The molecule has 4 heterocycles. The normalized spacial score (nSPS) is 21.2. The number of furan rings is 1. The van der Waals surface area contributed by atoms with Gasteiger partial charge in [-0.05, 0) is 31.0 Å². The van der Waals surface area contributed by atoms with Gasteiger partial charge in [0.2, 0.25) is 0 Å². The van der Waals surface area contributed by atoms with Crippen LogP contribution in [0.15, 0.2) is 28.7 Å². The molecular formula is C19H22N4O5. The van der Waals surface area contributed by atoms with Crippen LogP contribution in [0.3, 0.4) is 0 Å². The van der Waals surface area contributed by atoms with E-state index in [0.29, 0.717) is 25.3 Å². The van der Waals surface area contributed by atoms with Crippen LogP contribution in [-0.4, -0.2) is 57.2 Å². The maximum atomic E-state index is 12.8. The monoisotopic (exact) mass is 386 g/mol. The summed E-state index contributed by atoms with van der Waals surface area (Å²) >= 11 is 0. The van der Waals surface area contributed by atoms with Crippen LogP contribution in [0.5, 0.6) is 0 Å². The summed E-state index contributed by atoms with van der Waals surface area (Å²) in [7, 11) is 0. The molecule has 2 amide bonds. The van der Waals surface area contributed by atoms with Gasteiger partial charge < -0.3 is 19.2 Å². The van der Waals surface area contributed by atoms with Crippen molar-refractivity contribution in [1.82, 2.24) is 14.8 Å². The maximum Gasteiger partial charge on any atom is 0.433 e. The molecule has 9 nitrogen and oxygen atoms in total. The van der Waals surface area contributed by atoms with Gasteiger partial charge in [-0.15, -0.1) is 0 Å². The largest absolute Gasteiger partial charge is 0.433 e. The van der Waals surface area contributed by atoms with E-state index >= 15 is 0 Å². The van der Waals surface area contributed by atoms with Crippen molar-refractivity contribution in [2.45, 2.75) is 32.2 Å². The Labute approximate surface area is 161 Å². The van der Waals surface area contributed by atoms with Gasteiger partial charge in [-0.3, -0.25) is 19.7 Å². The lowest BCUT2D eigenvalue weighted by molar-refractivity contribution is -0.402. The Kier molecular flexibility index (Phi) is 4.66. The summed E-state index contributed by atoms with van der Waals surface area (Å²) in [4.78, 5) is 42.3. The molecule has 4 rings (SSSR count). The summed E-state index contributed by atoms with van der Waals surface area (Å²) in [6, 6.07) is 6.18. The third-order valence-electron chi connectivity index (χ3n) is 5.57. The highest BCUT2D eigenvalue weighted by Crippen LogP contribution is 2.33. The van der Waals surface area contributed by atoms with Crippen LogP contribution in [0, 0.1) is 16.0 Å². The molecule has 2 aromatic rings. The average molecular weight is 386 g/mol. The molecule has 148 valence electrons. The molecular weight excluding hydrogens is 364 g/mol. The van der Waals surface area contributed by atoms with Gasteiger partial charge in [-0.1, -0.05) is 13.3 Å². The third kappa shape index (κ3) is 3.17. The van der Waals surface area contributed by atoms with E-state index in [1.807, 2.05) is 12.1 Å². The highest BCUT2D eigenvalue weighted by atomic mass is 16.6. The number of nitro groups is 1. The second kappa shape index (κ2) is 7.14. The number of carbonyl (C=O) groups is 2. The van der Waals surface area contributed by atoms with Crippen LogP contribution in [0.1, 0.15) is 46.5 Å². The SMILES string of the molecule is CCCc1ccc(C(=O)N2C[C@@H]3CCN(C(=O)c4ccc([N+](=O)[O-])o4)[C@@H]3C2)[nH]1. The molecule has 2 saturated heterocycles. The number of nitrogens with zero attached hydrogens (tertiary/aromatic N) is 3. The van der Waals surface area contributed by atoms with Crippen LogP contribution >= 0.6 is 0 Å². The molecule has 28 heavy (non-hydrogen) atoms. The van der Waals surface area contributed by atoms with E-state index in [4.69, 9.17) is 4.42 Å². The fourth-order valence-corrected chi connectivity index (χ4v) is 4.21. The van der Waals surface area contributed by atoms with E-state index in [-0.39, 0.29) is 29.5 Å². The highest BCUT2D eigenvalue weighted by molar-refractivity contribution is 5.94. The number of carbonyl (C=O) groups excluding carboxylic acids is 2. The first-order valence-electron chi connectivity index (χ1n) is 9.50. The predicted molar refractivity (Wildman–Crippen MR) is 99.0 cm³/mol. The number of amides is 2. The Morgan fingerprint density at radius 2 is 2.07 bits per heavy atom. The number of rotatable bonds is 5. The first-order valence-corrected chi connectivity index (χ1v) is 9.50. The van der Waals surface area contributed by atoms with E-state index in [1.165, 1.54) is 12.1 Å². The summed E-state index contributed by atoms with van der Waals surface area (Å²) in [5.41, 5.74) is 1.62. The molecule has 2 atom stereocenters. The minimum atomic E-state index is -0.664. The minimum absolute atomic E-state index is 0.0364. The Hall–Kier alpha value is -3.10. The number of hydrogen-bond donors (Lipinski definition) is 1. The molecule has 9 heteroatoms. The van der Waals surface area contributed by atoms with Crippen LogP contribution in [-0.2, 0) is 6.42 Å². The van der Waals surface area contributed by atoms with Gasteiger partial charge in [0.15, 0.2) is 5.76 Å². The fourth-order valence-electron chi connectivity index (χ4n) is 4.21. The molecule has 0 bridgehead atoms. The average Bonchev–Trinajstić information content (AvgIpc) is 3.43. The first-order chi connectivity index (χ1) is 13.5. The molecule has 2 fully saturated rings. The van der Waals surface area contributed by atoms with Gasteiger partial charge in [-0.25, -0.2) is 0 Å². The van der Waals surface area contributed by atoms with Gasteiger partial charge in [0.05, 0.1) is 12.1 Å². The standard InChI is InChI=1S/C19H22N4O5/c1-2-3-13-4-5-14(20-13)18(24)21-10-12-8-9-22(15(12)11-21)19(25)16-6-7-17(28-16)23(26)27/h4-7,12,15,20H,2-3,8-11H2,1H3/t12-,15+/m0/s1. The topological polar surface area (TPSA) is 113 Å². The second-order valence-electron chi connectivity index (χ2n) is 7.37. The zero-order valence-corrected chi connectivity index (χ0v) is 15.6. The van der Waals surface area contributed by atoms with Crippen LogP contribution in [0.2, 0.25) is 0 Å². The molecule has 2 aliphatic rings. The van der Waals surface area contributed by atoms with Crippen LogP contribution in [0.25, 0.3) is 0 Å². The fraction of sp³-hybridized carbons (Fsp3) is 0.474. The van der Waals surface area contributed by atoms with Crippen LogP contribution < -0.4 is 0 Å². The van der Waals surface area contributed by atoms with E-state index in [2.05, 4.69) is 11.9 Å². The Morgan fingerprint density at radius 1 is 1.25 bits per heavy atom. The molecule has 2 aliphatic heterocycles. The quantitative estimate of drug-likeness (QED) is 0.626. The Balaban J connectivity index is 1.45. The van der Waals surface area contributed by atoms with Crippen molar-refractivity contribution in [3.63, 3.8) is 0 Å². The molecule has 0 aromatic carbocycles. The number of nitrogens with one attached hydrogen (secondary N) is 1. The van der Waals surface area contributed by atoms with Crippen molar-refractivity contribution in [2.75, 3.05) is 19.6 Å². The Morgan fingerprint density at radius 3 is 2.79 bits per heavy atom. The summed E-state index contributed by atoms with van der Waals surface area (Å²) in [5.74, 6) is -0.691. The van der Waals surface area contributed by atoms with Gasteiger partial charge in [0, 0.05) is 31.2 Å². The number of aromatic nitrogens is 1. The summed E-state index contributed by atoms with van der Waals surface area (Å²) in [5, 5.41) is 10.8. The van der Waals surface area contributed by atoms with Crippen molar-refractivity contribution in [2.24, 2.45) is 5.92 Å². The van der Waals surface area contributed by atoms with E-state index in [1.54, 1.807) is 9.80 Å². The highest BCUT2D eigenvalue weighted by Gasteiger charge is 2.45. The third-order valence-corrected chi connectivity index (χ3v) is 5.57. The lowest BCUT2D eigenvalue weighted by Gasteiger charge is -2.24. The lowest BCUT2D eigenvalue weighted by atomic mass is 10.1. The van der Waals surface area contributed by atoms with E-state index < -0.39 is 10.8 Å². The number of aryl methyl sites for hydroxylation is 1. The second-order valence-corrected chi connectivity index (χ2v) is 7.37. The molecule has 0 radical (unpaired) electrons. The smallest absolute Gasteiger partial charge is 0.395 e. The van der Waals surface area contributed by atoms with Crippen molar-refractivity contribution < 1.29 is 18.9 Å². The van der Waals surface area contributed by atoms with Gasteiger partial charge in [0.1, 0.15) is 10.6 Å². The Bertz CT molecular complexity index is 917. The molecule has 0 saturated carbocycles. The van der Waals surface area contributed by atoms with Crippen molar-refractivity contribution in [3.05, 3.63) is 51.5 Å². The van der Waals surface area contributed by atoms with Crippen molar-refractivity contribution in [1.29, 1.82) is 0 Å². The predicted octanol–water partition coefficient (Wildman–Crippen LogP) is 2.46. The molecule has 0 aliphatic carbocycles. The number of aromatic amines is 1. The summed E-state index contributed by atoms with van der Waals surface area (Å²) < 4.78 is 5.06. The number of hydrogen-bond acceptors (Lipinski definition) is 5. The number of H-pyrrole nitrogens is 1. The minimum Gasteiger partial charge on any atom is -0.395 e. The maximum absolute atomic E-state index is 12.8. The van der Waals surface area contributed by atoms with Crippen molar-refractivity contribution >= 4 is 17.7 Å². The van der Waals surface area contributed by atoms with E-state index in [9.17, 15) is 19.7 Å². The number of fused-ring (bicyclic) bond motifs is 1. The van der Waals surface area contributed by atoms with Gasteiger partial charge in [-0.2, -0.15) is 0 Å². The molecule has 2 aromatic heterocycles. The van der Waals surface area contributed by atoms with Gasteiger partial charge in [0.25, 0.3) is 11.8 Å². The van der Waals surface area contributed by atoms with E-state index in [0.717, 1.165) is 25.0 Å². The number of likely N-dealkylation sites (tertiary alicyclic amines) is 2. The zero-order chi connectivity index (χ0) is 19.8. The van der Waals surface area contributed by atoms with Crippen LogP contribution in [0.4, 0.5) is 5.88 Å². The first kappa shape index (κ1) is 18.3. The zero-order valence-electron chi connectivity index (χ0n) is 15.6. The molecule has 0 spiro atoms. The van der Waals surface area contributed by atoms with Crippen molar-refractivity contribution in [3.8, 4) is 0 Å². The summed E-state index contributed by atoms with van der Waals surface area (Å²) in [6.07, 6.45) is 2.70. The lowest BCUT2D eigenvalue weighted by Crippen LogP contribution is -2.40. The summed E-state index contributed by atoms with van der Waals surface area (Å²) in [6.45, 7) is 3.71. The molecule has 1 N–H and O–H groups in total. The molecule has 0 unspecified atom stereocenters.